The SMILES string of the molecule is CCOC(=O)c1coc(-n2ccc(C(F)(F)F)n2)n1. The number of carbonyl (C=O) groups is 1. The van der Waals surface area contributed by atoms with Crippen molar-refractivity contribution in [3.63, 3.8) is 0 Å². The van der Waals surface area contributed by atoms with Crippen LogP contribution >= 0.6 is 0 Å². The molecule has 9 heteroatoms. The summed E-state index contributed by atoms with van der Waals surface area (Å²) < 4.78 is 47.4. The van der Waals surface area contributed by atoms with Crippen molar-refractivity contribution in [1.29, 1.82) is 0 Å². The predicted octanol–water partition coefficient (Wildman–Crippen LogP) is 2.06. The molecule has 0 bridgehead atoms. The van der Waals surface area contributed by atoms with E-state index in [2.05, 4.69) is 14.8 Å². The Morgan fingerprint density at radius 2 is 2.26 bits per heavy atom. The summed E-state index contributed by atoms with van der Waals surface area (Å²) in [4.78, 5) is 15.0. The van der Waals surface area contributed by atoms with Crippen LogP contribution in [0.4, 0.5) is 13.2 Å². The van der Waals surface area contributed by atoms with Gasteiger partial charge in [-0.1, -0.05) is 0 Å². The minimum absolute atomic E-state index is 0.138. The number of rotatable bonds is 3. The number of esters is 1. The average molecular weight is 275 g/mol. The molecule has 0 aliphatic heterocycles. The van der Waals surface area contributed by atoms with Crippen molar-refractivity contribution < 1.29 is 27.1 Å². The van der Waals surface area contributed by atoms with Gasteiger partial charge in [0.15, 0.2) is 11.4 Å². The second-order valence-corrected chi connectivity index (χ2v) is 3.38. The molecule has 2 aromatic heterocycles. The van der Waals surface area contributed by atoms with Gasteiger partial charge in [-0.3, -0.25) is 0 Å². The maximum atomic E-state index is 12.3. The normalized spacial score (nSPS) is 11.6. The Bertz CT molecular complexity index is 588. The highest BCUT2D eigenvalue weighted by Crippen LogP contribution is 2.27. The first kappa shape index (κ1) is 13.1. The molecule has 0 unspecified atom stereocenters. The molecule has 0 aromatic carbocycles. The number of aromatic nitrogens is 3. The van der Waals surface area contributed by atoms with Gasteiger partial charge in [0.25, 0.3) is 0 Å². The van der Waals surface area contributed by atoms with Gasteiger partial charge in [0.1, 0.15) is 6.26 Å². The number of hydrogen-bond donors (Lipinski definition) is 0. The summed E-state index contributed by atoms with van der Waals surface area (Å²) in [6.45, 7) is 1.77. The maximum Gasteiger partial charge on any atom is 0.435 e. The van der Waals surface area contributed by atoms with E-state index in [1.807, 2.05) is 0 Å². The van der Waals surface area contributed by atoms with Crippen molar-refractivity contribution in [1.82, 2.24) is 14.8 Å². The van der Waals surface area contributed by atoms with Gasteiger partial charge < -0.3 is 9.15 Å². The fraction of sp³-hybridized carbons (Fsp3) is 0.300. The highest BCUT2D eigenvalue weighted by Gasteiger charge is 2.34. The number of carbonyl (C=O) groups excluding carboxylic acids is 1. The maximum absolute atomic E-state index is 12.3. The van der Waals surface area contributed by atoms with E-state index >= 15 is 0 Å². The first-order valence-corrected chi connectivity index (χ1v) is 5.17. The van der Waals surface area contributed by atoms with E-state index in [1.165, 1.54) is 0 Å². The van der Waals surface area contributed by atoms with E-state index < -0.39 is 17.8 Å². The molecule has 0 saturated heterocycles. The van der Waals surface area contributed by atoms with Gasteiger partial charge in [-0.05, 0) is 13.0 Å². The second-order valence-electron chi connectivity index (χ2n) is 3.38. The van der Waals surface area contributed by atoms with Crippen LogP contribution in [0, 0.1) is 0 Å². The van der Waals surface area contributed by atoms with Gasteiger partial charge in [-0.2, -0.15) is 27.9 Å². The number of alkyl halides is 3. The fourth-order valence-electron chi connectivity index (χ4n) is 1.25. The van der Waals surface area contributed by atoms with E-state index in [4.69, 9.17) is 4.42 Å². The zero-order valence-electron chi connectivity index (χ0n) is 9.64. The van der Waals surface area contributed by atoms with Gasteiger partial charge in [0.05, 0.1) is 6.61 Å². The molecular formula is C10H8F3N3O3. The summed E-state index contributed by atoms with van der Waals surface area (Å²) in [5.41, 5.74) is -1.22. The van der Waals surface area contributed by atoms with Crippen LogP contribution < -0.4 is 0 Å². The minimum atomic E-state index is -4.55. The van der Waals surface area contributed by atoms with E-state index in [9.17, 15) is 18.0 Å². The Labute approximate surface area is 104 Å². The predicted molar refractivity (Wildman–Crippen MR) is 54.6 cm³/mol. The molecule has 2 rings (SSSR count). The van der Waals surface area contributed by atoms with Crippen LogP contribution in [-0.2, 0) is 10.9 Å². The van der Waals surface area contributed by atoms with Gasteiger partial charge in [-0.25, -0.2) is 4.79 Å². The van der Waals surface area contributed by atoms with Crippen LogP contribution in [0.2, 0.25) is 0 Å². The topological polar surface area (TPSA) is 70.2 Å². The standard InChI is InChI=1S/C10H8F3N3O3/c1-2-18-8(17)6-5-19-9(14-6)16-4-3-7(15-16)10(11,12)13/h3-5H,2H2,1H3. The molecule has 0 fully saturated rings. The lowest BCUT2D eigenvalue weighted by Gasteiger charge is -1.99. The van der Waals surface area contributed by atoms with Crippen molar-refractivity contribution in [3.8, 4) is 6.01 Å². The lowest BCUT2D eigenvalue weighted by molar-refractivity contribution is -0.141. The lowest BCUT2D eigenvalue weighted by atomic mass is 10.4. The van der Waals surface area contributed by atoms with Gasteiger partial charge in [0, 0.05) is 6.20 Å². The van der Waals surface area contributed by atoms with E-state index in [1.54, 1.807) is 6.92 Å². The third-order valence-corrected chi connectivity index (χ3v) is 2.05. The first-order chi connectivity index (χ1) is 8.91. The smallest absolute Gasteiger partial charge is 0.435 e. The van der Waals surface area contributed by atoms with E-state index in [0.29, 0.717) is 0 Å². The van der Waals surface area contributed by atoms with Crippen LogP contribution in [0.25, 0.3) is 6.01 Å². The van der Waals surface area contributed by atoms with Crippen molar-refractivity contribution in [2.24, 2.45) is 0 Å². The minimum Gasteiger partial charge on any atom is -0.461 e. The highest BCUT2D eigenvalue weighted by atomic mass is 19.4. The molecule has 19 heavy (non-hydrogen) atoms. The first-order valence-electron chi connectivity index (χ1n) is 5.17. The number of halogens is 3. The average Bonchev–Trinajstić information content (AvgIpc) is 2.97. The largest absolute Gasteiger partial charge is 0.461 e. The summed E-state index contributed by atoms with van der Waals surface area (Å²) in [6.07, 6.45) is -2.53. The van der Waals surface area contributed by atoms with E-state index in [0.717, 1.165) is 23.2 Å². The fourth-order valence-corrected chi connectivity index (χ4v) is 1.25. The zero-order chi connectivity index (χ0) is 14.0. The van der Waals surface area contributed by atoms with Crippen molar-refractivity contribution in [3.05, 3.63) is 29.9 Å². The van der Waals surface area contributed by atoms with Gasteiger partial charge in [-0.15, -0.1) is 0 Å². The van der Waals surface area contributed by atoms with Crippen LogP contribution in [0.15, 0.2) is 22.9 Å². The lowest BCUT2D eigenvalue weighted by Crippen LogP contribution is -2.08. The molecule has 2 aromatic rings. The number of ether oxygens (including phenoxy) is 1. The summed E-state index contributed by atoms with van der Waals surface area (Å²) in [5, 5.41) is 3.25. The molecule has 102 valence electrons. The number of hydrogen-bond acceptors (Lipinski definition) is 5. The second kappa shape index (κ2) is 4.75. The molecule has 2 heterocycles. The Hall–Kier alpha value is -2.32. The van der Waals surface area contributed by atoms with Crippen molar-refractivity contribution in [2.75, 3.05) is 6.61 Å². The van der Waals surface area contributed by atoms with Gasteiger partial charge >= 0.3 is 18.2 Å². The van der Waals surface area contributed by atoms with Crippen LogP contribution in [0.5, 0.6) is 0 Å². The molecule has 0 aliphatic carbocycles. The van der Waals surface area contributed by atoms with Crippen molar-refractivity contribution in [2.45, 2.75) is 13.1 Å². The Morgan fingerprint density at radius 3 is 2.84 bits per heavy atom. The molecule has 0 radical (unpaired) electrons. The summed E-state index contributed by atoms with van der Waals surface area (Å²) in [6, 6.07) is 0.521. The van der Waals surface area contributed by atoms with Crippen LogP contribution in [-0.4, -0.2) is 27.3 Å². The Kier molecular flexibility index (Phi) is 3.28. The van der Waals surface area contributed by atoms with Crippen molar-refractivity contribution >= 4 is 5.97 Å². The third-order valence-electron chi connectivity index (χ3n) is 2.05. The zero-order valence-corrected chi connectivity index (χ0v) is 9.64. The molecule has 6 nitrogen and oxygen atoms in total. The Morgan fingerprint density at radius 1 is 1.53 bits per heavy atom. The molecule has 0 N–H and O–H groups in total. The Balaban J connectivity index is 2.23. The van der Waals surface area contributed by atoms with Crippen LogP contribution in [0.3, 0.4) is 0 Å². The third kappa shape index (κ3) is 2.75. The summed E-state index contributed by atoms with van der Waals surface area (Å²) in [7, 11) is 0. The monoisotopic (exact) mass is 275 g/mol. The quantitative estimate of drug-likeness (QED) is 0.802. The number of nitrogens with zero attached hydrogens (tertiary/aromatic N) is 3. The molecular weight excluding hydrogens is 267 g/mol. The molecule has 0 atom stereocenters. The molecule has 0 saturated carbocycles. The molecule has 0 amide bonds. The van der Waals surface area contributed by atoms with Gasteiger partial charge in [0.2, 0.25) is 0 Å². The summed E-state index contributed by atoms with van der Waals surface area (Å²) in [5.74, 6) is -0.722. The highest BCUT2D eigenvalue weighted by molar-refractivity contribution is 5.86. The number of oxazole rings is 1. The molecule has 0 spiro atoms. The molecule has 0 aliphatic rings. The van der Waals surface area contributed by atoms with E-state index in [-0.39, 0.29) is 18.3 Å². The van der Waals surface area contributed by atoms with Crippen LogP contribution in [0.1, 0.15) is 23.1 Å². The summed E-state index contributed by atoms with van der Waals surface area (Å²) >= 11 is 0.